The summed E-state index contributed by atoms with van der Waals surface area (Å²) in [6.45, 7) is 11.0. The number of hydrogen-bond donors (Lipinski definition) is 0. The zero-order valence-electron chi connectivity index (χ0n) is 8.28. The average molecular weight is 145 g/mol. The van der Waals surface area contributed by atoms with E-state index in [1.54, 1.807) is 0 Å². The van der Waals surface area contributed by atoms with Gasteiger partial charge in [-0.05, 0) is 26.6 Å². The second-order valence-corrected chi connectivity index (χ2v) is 2.60. The number of rotatable bonds is 3. The zero-order chi connectivity index (χ0) is 8.41. The third-order valence-corrected chi connectivity index (χ3v) is 1.15. The molecule has 0 aromatic heterocycles. The maximum atomic E-state index is 2.31. The molecule has 0 unspecified atom stereocenters. The standard InChI is InChI=1S/C6H15N.C3H8/c1-4-6-7(3)5-2;1-3-2/h4-6H2,1-3H3;3H2,1-2H3. The van der Waals surface area contributed by atoms with Crippen LogP contribution in [0.1, 0.15) is 40.5 Å². The highest BCUT2D eigenvalue weighted by atomic mass is 15.1. The Bertz CT molecular complexity index is 44.0. The van der Waals surface area contributed by atoms with Gasteiger partial charge in [-0.3, -0.25) is 0 Å². The lowest BCUT2D eigenvalue weighted by molar-refractivity contribution is 0.353. The fourth-order valence-corrected chi connectivity index (χ4v) is 0.540. The molecule has 0 atom stereocenters. The molecule has 0 saturated carbocycles. The molecule has 0 N–H and O–H groups in total. The Balaban J connectivity index is 0. The lowest BCUT2D eigenvalue weighted by Gasteiger charge is -2.10. The van der Waals surface area contributed by atoms with Crippen molar-refractivity contribution in [2.45, 2.75) is 40.5 Å². The Morgan fingerprint density at radius 1 is 1.00 bits per heavy atom. The Hall–Kier alpha value is -0.0400. The van der Waals surface area contributed by atoms with Crippen molar-refractivity contribution < 1.29 is 0 Å². The summed E-state index contributed by atoms with van der Waals surface area (Å²) in [6, 6.07) is 0. The average Bonchev–Trinajstić information content (AvgIpc) is 1.90. The van der Waals surface area contributed by atoms with Crippen molar-refractivity contribution >= 4 is 0 Å². The minimum atomic E-state index is 1.17. The largest absolute Gasteiger partial charge is 0.307 e. The van der Waals surface area contributed by atoms with E-state index in [4.69, 9.17) is 0 Å². The summed E-state index contributed by atoms with van der Waals surface area (Å²) in [5.41, 5.74) is 0. The van der Waals surface area contributed by atoms with Gasteiger partial charge >= 0.3 is 0 Å². The molecule has 0 amide bonds. The lowest BCUT2D eigenvalue weighted by atomic mass is 10.4. The first-order valence-corrected chi connectivity index (χ1v) is 4.41. The van der Waals surface area contributed by atoms with E-state index in [2.05, 4.69) is 39.6 Å². The van der Waals surface area contributed by atoms with Crippen LogP contribution in [0.3, 0.4) is 0 Å². The van der Waals surface area contributed by atoms with E-state index in [0.717, 1.165) is 0 Å². The van der Waals surface area contributed by atoms with Gasteiger partial charge < -0.3 is 4.90 Å². The molecule has 10 heavy (non-hydrogen) atoms. The van der Waals surface area contributed by atoms with E-state index >= 15 is 0 Å². The molecular formula is C9H23N. The Morgan fingerprint density at radius 2 is 1.40 bits per heavy atom. The summed E-state index contributed by atoms with van der Waals surface area (Å²) in [7, 11) is 2.14. The summed E-state index contributed by atoms with van der Waals surface area (Å²) in [5.74, 6) is 0. The van der Waals surface area contributed by atoms with Gasteiger partial charge in [-0.1, -0.05) is 34.1 Å². The first-order valence-electron chi connectivity index (χ1n) is 4.41. The molecule has 0 aromatic rings. The topological polar surface area (TPSA) is 3.24 Å². The van der Waals surface area contributed by atoms with Gasteiger partial charge in [-0.25, -0.2) is 0 Å². The highest BCUT2D eigenvalue weighted by molar-refractivity contribution is 4.41. The molecule has 0 spiro atoms. The van der Waals surface area contributed by atoms with Crippen molar-refractivity contribution in [1.29, 1.82) is 0 Å². The van der Waals surface area contributed by atoms with Crippen LogP contribution in [-0.4, -0.2) is 25.0 Å². The van der Waals surface area contributed by atoms with Gasteiger partial charge in [0.2, 0.25) is 0 Å². The second kappa shape index (κ2) is 11.7. The van der Waals surface area contributed by atoms with Crippen molar-refractivity contribution in [1.82, 2.24) is 4.90 Å². The van der Waals surface area contributed by atoms with Gasteiger partial charge in [0, 0.05) is 0 Å². The van der Waals surface area contributed by atoms with Crippen molar-refractivity contribution in [2.75, 3.05) is 20.1 Å². The predicted molar refractivity (Wildman–Crippen MR) is 49.4 cm³/mol. The van der Waals surface area contributed by atoms with Crippen molar-refractivity contribution in [2.24, 2.45) is 0 Å². The van der Waals surface area contributed by atoms with E-state index in [1.807, 2.05) is 0 Å². The molecule has 0 heterocycles. The maximum absolute atomic E-state index is 2.31. The van der Waals surface area contributed by atoms with Crippen LogP contribution in [0.2, 0.25) is 0 Å². The predicted octanol–water partition coefficient (Wildman–Crippen LogP) is 2.76. The Labute approximate surface area is 66.4 Å². The normalized spacial score (nSPS) is 9.00. The molecule has 0 bridgehead atoms. The summed E-state index contributed by atoms with van der Waals surface area (Å²) in [4.78, 5) is 2.31. The van der Waals surface area contributed by atoms with Crippen LogP contribution in [-0.2, 0) is 0 Å². The van der Waals surface area contributed by atoms with Gasteiger partial charge in [0.1, 0.15) is 0 Å². The first kappa shape index (κ1) is 12.6. The molecule has 0 saturated heterocycles. The van der Waals surface area contributed by atoms with Crippen LogP contribution >= 0.6 is 0 Å². The van der Waals surface area contributed by atoms with Crippen LogP contribution < -0.4 is 0 Å². The van der Waals surface area contributed by atoms with Gasteiger partial charge in [-0.15, -0.1) is 0 Å². The Kier molecular flexibility index (Phi) is 14.8. The van der Waals surface area contributed by atoms with Gasteiger partial charge in [0.15, 0.2) is 0 Å². The van der Waals surface area contributed by atoms with E-state index in [9.17, 15) is 0 Å². The van der Waals surface area contributed by atoms with Crippen LogP contribution in [0.15, 0.2) is 0 Å². The molecule has 0 fully saturated rings. The van der Waals surface area contributed by atoms with Crippen LogP contribution in [0.25, 0.3) is 0 Å². The van der Waals surface area contributed by atoms with Crippen LogP contribution in [0, 0.1) is 0 Å². The molecule has 0 aliphatic rings. The van der Waals surface area contributed by atoms with Crippen molar-refractivity contribution in [3.8, 4) is 0 Å². The summed E-state index contributed by atoms with van der Waals surface area (Å²) >= 11 is 0. The summed E-state index contributed by atoms with van der Waals surface area (Å²) < 4.78 is 0. The fraction of sp³-hybridized carbons (Fsp3) is 1.00. The molecule has 0 aliphatic carbocycles. The lowest BCUT2D eigenvalue weighted by Crippen LogP contribution is -2.17. The molecular weight excluding hydrogens is 122 g/mol. The molecule has 0 aromatic carbocycles. The van der Waals surface area contributed by atoms with E-state index in [0.29, 0.717) is 0 Å². The Morgan fingerprint density at radius 3 is 1.50 bits per heavy atom. The SMILES string of the molecule is CCC.CCCN(C)CC. The molecule has 1 nitrogen and oxygen atoms in total. The number of nitrogens with zero attached hydrogens (tertiary/aromatic N) is 1. The highest BCUT2D eigenvalue weighted by Crippen LogP contribution is 1.82. The van der Waals surface area contributed by atoms with E-state index in [-0.39, 0.29) is 0 Å². The minimum absolute atomic E-state index is 1.17. The van der Waals surface area contributed by atoms with Gasteiger partial charge in [0.25, 0.3) is 0 Å². The quantitative estimate of drug-likeness (QED) is 0.590. The van der Waals surface area contributed by atoms with Crippen molar-refractivity contribution in [3.63, 3.8) is 0 Å². The van der Waals surface area contributed by atoms with Crippen LogP contribution in [0.4, 0.5) is 0 Å². The number of hydrogen-bond acceptors (Lipinski definition) is 1. The molecule has 0 radical (unpaired) electrons. The minimum Gasteiger partial charge on any atom is -0.307 e. The van der Waals surface area contributed by atoms with Gasteiger partial charge in [-0.2, -0.15) is 0 Å². The van der Waals surface area contributed by atoms with Crippen molar-refractivity contribution in [3.05, 3.63) is 0 Å². The summed E-state index contributed by atoms with van der Waals surface area (Å²) in [6.07, 6.45) is 2.52. The maximum Gasteiger partial charge on any atom is -0.00245 e. The highest BCUT2D eigenvalue weighted by Gasteiger charge is 1.86. The molecule has 64 valence electrons. The molecule has 0 aliphatic heterocycles. The monoisotopic (exact) mass is 145 g/mol. The third-order valence-electron chi connectivity index (χ3n) is 1.15. The third kappa shape index (κ3) is 15.7. The van der Waals surface area contributed by atoms with E-state index < -0.39 is 0 Å². The first-order chi connectivity index (χ1) is 4.72. The smallest absolute Gasteiger partial charge is 0.00245 e. The molecule has 1 heteroatoms. The summed E-state index contributed by atoms with van der Waals surface area (Å²) in [5, 5.41) is 0. The van der Waals surface area contributed by atoms with Crippen LogP contribution in [0.5, 0.6) is 0 Å². The second-order valence-electron chi connectivity index (χ2n) is 2.60. The van der Waals surface area contributed by atoms with E-state index in [1.165, 1.54) is 25.9 Å². The fourth-order valence-electron chi connectivity index (χ4n) is 0.540. The van der Waals surface area contributed by atoms with Gasteiger partial charge in [0.05, 0.1) is 0 Å². The zero-order valence-corrected chi connectivity index (χ0v) is 8.28. The molecule has 0 rings (SSSR count).